The molecule has 1 aromatic rings. The highest BCUT2D eigenvalue weighted by atomic mass is 32.2. The van der Waals surface area contributed by atoms with E-state index in [2.05, 4.69) is 20.7 Å². The van der Waals surface area contributed by atoms with E-state index < -0.39 is 12.2 Å². The van der Waals surface area contributed by atoms with Crippen molar-refractivity contribution in [2.45, 2.75) is 76.5 Å². The fraction of sp³-hybridized carbons (Fsp3) is 0.593. The second-order valence-electron chi connectivity index (χ2n) is 10.0. The molecule has 12 heteroatoms. The van der Waals surface area contributed by atoms with Gasteiger partial charge in [-0.25, -0.2) is 4.79 Å². The Morgan fingerprint density at radius 3 is 2.38 bits per heavy atom. The molecule has 39 heavy (non-hydrogen) atoms. The van der Waals surface area contributed by atoms with Crippen molar-refractivity contribution in [3.8, 4) is 0 Å². The van der Waals surface area contributed by atoms with Crippen LogP contribution in [0.1, 0.15) is 58.9 Å². The van der Waals surface area contributed by atoms with Crippen molar-refractivity contribution >= 4 is 47.2 Å². The summed E-state index contributed by atoms with van der Waals surface area (Å²) in [5, 5.41) is 17.2. The van der Waals surface area contributed by atoms with Crippen LogP contribution in [0, 0.1) is 5.92 Å². The van der Waals surface area contributed by atoms with Crippen molar-refractivity contribution in [1.82, 2.24) is 15.5 Å². The number of nitrogens with zero attached hydrogens (tertiary/aromatic N) is 1. The highest BCUT2D eigenvalue weighted by Crippen LogP contribution is 2.28. The van der Waals surface area contributed by atoms with Gasteiger partial charge in [0, 0.05) is 18.7 Å². The fourth-order valence-electron chi connectivity index (χ4n) is 4.09. The zero-order valence-corrected chi connectivity index (χ0v) is 23.8. The summed E-state index contributed by atoms with van der Waals surface area (Å²) < 4.78 is 4.49. The van der Waals surface area contributed by atoms with Crippen LogP contribution >= 0.6 is 11.8 Å². The number of thioether (sulfide) groups is 1. The van der Waals surface area contributed by atoms with E-state index in [0.717, 1.165) is 12.8 Å². The number of amides is 4. The first kappa shape index (κ1) is 32.1. The minimum Gasteiger partial charge on any atom is -0.450 e. The van der Waals surface area contributed by atoms with Gasteiger partial charge in [0.25, 0.3) is 0 Å². The van der Waals surface area contributed by atoms with E-state index in [9.17, 15) is 24.0 Å². The van der Waals surface area contributed by atoms with Crippen molar-refractivity contribution in [2.75, 3.05) is 25.0 Å². The summed E-state index contributed by atoms with van der Waals surface area (Å²) in [7, 11) is 0. The van der Waals surface area contributed by atoms with Crippen LogP contribution < -0.4 is 16.0 Å². The standard InChI is InChI=1S/C27H40N4O7S/c1-17(2)24(28-12-6-5-7-13-31-23(33)14-21(26(31)35)39-18(3)4)25(34)29-15-22(32)30-20-10-8-19(9-11-20)16-38-27(36)37/h8-11,17-18,21,24,28H,5-7,12-16H2,1-4H3,(H,29,34)(H,30,32)(H,36,37). The van der Waals surface area contributed by atoms with Crippen molar-refractivity contribution in [1.29, 1.82) is 0 Å². The molecule has 2 rings (SSSR count). The summed E-state index contributed by atoms with van der Waals surface area (Å²) in [6.07, 6.45) is 1.22. The van der Waals surface area contributed by atoms with Gasteiger partial charge in [0.05, 0.1) is 17.8 Å². The molecule has 0 spiro atoms. The highest BCUT2D eigenvalue weighted by molar-refractivity contribution is 8.01. The molecule has 0 bridgehead atoms. The Morgan fingerprint density at radius 1 is 1.08 bits per heavy atom. The minimum atomic E-state index is -1.36. The zero-order chi connectivity index (χ0) is 28.9. The van der Waals surface area contributed by atoms with Crippen LogP contribution in [-0.4, -0.2) is 76.0 Å². The Kier molecular flexibility index (Phi) is 13.2. The highest BCUT2D eigenvalue weighted by Gasteiger charge is 2.38. The quantitative estimate of drug-likeness (QED) is 0.135. The van der Waals surface area contributed by atoms with E-state index >= 15 is 0 Å². The molecule has 4 amide bonds. The maximum absolute atomic E-state index is 12.7. The van der Waals surface area contributed by atoms with Gasteiger partial charge in [0.15, 0.2) is 0 Å². The lowest BCUT2D eigenvalue weighted by Crippen LogP contribution is -2.49. The Morgan fingerprint density at radius 2 is 1.77 bits per heavy atom. The molecule has 2 unspecified atom stereocenters. The third-order valence-electron chi connectivity index (χ3n) is 6.03. The molecule has 0 radical (unpaired) electrons. The van der Waals surface area contributed by atoms with Crippen LogP contribution in [0.3, 0.4) is 0 Å². The second-order valence-corrected chi connectivity index (χ2v) is 11.8. The van der Waals surface area contributed by atoms with Gasteiger partial charge in [-0.05, 0) is 48.3 Å². The molecule has 0 saturated carbocycles. The SMILES string of the molecule is CC(C)SC1CC(=O)N(CCCCCNC(C(=O)NCC(=O)Nc2ccc(COC(=O)O)cc2)C(C)C)C1=O. The van der Waals surface area contributed by atoms with E-state index in [0.29, 0.717) is 36.0 Å². The first-order valence-electron chi connectivity index (χ1n) is 13.2. The number of rotatable bonds is 16. The molecule has 4 N–H and O–H groups in total. The van der Waals surface area contributed by atoms with Gasteiger partial charge in [0.2, 0.25) is 23.6 Å². The van der Waals surface area contributed by atoms with Crippen LogP contribution in [0.25, 0.3) is 0 Å². The average molecular weight is 565 g/mol. The summed E-state index contributed by atoms with van der Waals surface area (Å²) in [6, 6.07) is 6.05. The number of likely N-dealkylation sites (tertiary alicyclic amines) is 1. The van der Waals surface area contributed by atoms with E-state index in [1.165, 1.54) is 16.7 Å². The van der Waals surface area contributed by atoms with Gasteiger partial charge < -0.3 is 25.8 Å². The molecule has 2 atom stereocenters. The van der Waals surface area contributed by atoms with E-state index in [1.807, 2.05) is 27.7 Å². The lowest BCUT2D eigenvalue weighted by molar-refractivity contribution is -0.138. The maximum Gasteiger partial charge on any atom is 0.506 e. The molecular weight excluding hydrogens is 524 g/mol. The third kappa shape index (κ3) is 11.3. The molecule has 216 valence electrons. The number of hydrogen-bond acceptors (Lipinski definition) is 8. The summed E-state index contributed by atoms with van der Waals surface area (Å²) >= 11 is 1.54. The number of benzene rings is 1. The van der Waals surface area contributed by atoms with E-state index in [-0.39, 0.29) is 54.4 Å². The topological polar surface area (TPSA) is 154 Å². The predicted octanol–water partition coefficient (Wildman–Crippen LogP) is 2.99. The molecule has 11 nitrogen and oxygen atoms in total. The second kappa shape index (κ2) is 16.1. The van der Waals surface area contributed by atoms with Crippen LogP contribution in [0.5, 0.6) is 0 Å². The molecule has 1 aliphatic rings. The predicted molar refractivity (Wildman–Crippen MR) is 149 cm³/mol. The first-order valence-corrected chi connectivity index (χ1v) is 14.2. The van der Waals surface area contributed by atoms with Crippen LogP contribution in [0.2, 0.25) is 0 Å². The lowest BCUT2D eigenvalue weighted by atomic mass is 10.0. The number of carboxylic acid groups (broad SMARTS) is 1. The molecule has 0 aliphatic carbocycles. The van der Waals surface area contributed by atoms with Crippen LogP contribution in [0.4, 0.5) is 10.5 Å². The molecule has 1 aromatic carbocycles. The molecule has 1 aliphatic heterocycles. The van der Waals surface area contributed by atoms with Gasteiger partial charge in [-0.2, -0.15) is 0 Å². The Hall–Kier alpha value is -3.12. The number of nitrogens with one attached hydrogen (secondary N) is 3. The smallest absolute Gasteiger partial charge is 0.450 e. The lowest BCUT2D eigenvalue weighted by Gasteiger charge is -2.22. The molecule has 0 aromatic heterocycles. The fourth-order valence-corrected chi connectivity index (χ4v) is 5.23. The van der Waals surface area contributed by atoms with E-state index in [1.54, 1.807) is 24.3 Å². The number of anilines is 1. The van der Waals surface area contributed by atoms with Gasteiger partial charge in [-0.3, -0.25) is 24.1 Å². The summed E-state index contributed by atoms with van der Waals surface area (Å²) in [6.45, 7) is 8.61. The van der Waals surface area contributed by atoms with Crippen molar-refractivity contribution in [3.63, 3.8) is 0 Å². The zero-order valence-electron chi connectivity index (χ0n) is 23.0. The number of imide groups is 1. The summed E-state index contributed by atoms with van der Waals surface area (Å²) in [5.74, 6) is -0.841. The van der Waals surface area contributed by atoms with Crippen molar-refractivity contribution in [3.05, 3.63) is 29.8 Å². The molecule has 1 saturated heterocycles. The average Bonchev–Trinajstić information content (AvgIpc) is 3.12. The van der Waals surface area contributed by atoms with Gasteiger partial charge in [-0.15, -0.1) is 11.8 Å². The van der Waals surface area contributed by atoms with Gasteiger partial charge >= 0.3 is 6.16 Å². The van der Waals surface area contributed by atoms with Crippen LogP contribution in [0.15, 0.2) is 24.3 Å². The van der Waals surface area contributed by atoms with Crippen molar-refractivity contribution in [2.24, 2.45) is 5.92 Å². The number of carbonyl (C=O) groups excluding carboxylic acids is 4. The normalized spacial score (nSPS) is 16.1. The van der Waals surface area contributed by atoms with Crippen molar-refractivity contribution < 1.29 is 33.8 Å². The minimum absolute atomic E-state index is 0.00357. The number of hydrogen-bond donors (Lipinski definition) is 4. The monoisotopic (exact) mass is 564 g/mol. The Labute approximate surface area is 233 Å². The maximum atomic E-state index is 12.7. The molecule has 1 heterocycles. The number of ether oxygens (including phenoxy) is 1. The van der Waals surface area contributed by atoms with Gasteiger partial charge in [-0.1, -0.05) is 46.2 Å². The summed E-state index contributed by atoms with van der Waals surface area (Å²) in [5.41, 5.74) is 1.15. The Bertz CT molecular complexity index is 1000. The summed E-state index contributed by atoms with van der Waals surface area (Å²) in [4.78, 5) is 61.4. The molecular formula is C27H40N4O7S. The van der Waals surface area contributed by atoms with E-state index in [4.69, 9.17) is 5.11 Å². The molecule has 1 fully saturated rings. The van der Waals surface area contributed by atoms with Crippen LogP contribution in [-0.2, 0) is 30.5 Å². The number of unbranched alkanes of at least 4 members (excludes halogenated alkanes) is 2. The van der Waals surface area contributed by atoms with Gasteiger partial charge in [0.1, 0.15) is 6.61 Å². The number of carbonyl (C=O) groups is 5. The largest absolute Gasteiger partial charge is 0.506 e. The third-order valence-corrected chi connectivity index (χ3v) is 7.28. The Balaban J connectivity index is 1.67. The first-order chi connectivity index (χ1) is 18.5.